The van der Waals surface area contributed by atoms with Gasteiger partial charge < -0.3 is 15.3 Å². The number of hydrogen-bond acceptors (Lipinski definition) is 3. The van der Waals surface area contributed by atoms with Crippen LogP contribution in [0.5, 0.6) is 0 Å². The molecule has 0 radical (unpaired) electrons. The van der Waals surface area contributed by atoms with Crippen molar-refractivity contribution < 1.29 is 27.9 Å². The Labute approximate surface area is 121 Å². The molecule has 2 N–H and O–H groups in total. The molecule has 8 heteroatoms. The Hall–Kier alpha value is -1.31. The minimum Gasteiger partial charge on any atom is -0.396 e. The summed E-state index contributed by atoms with van der Waals surface area (Å²) in [6, 6.07) is -0.255. The number of amides is 2. The van der Waals surface area contributed by atoms with E-state index in [1.54, 1.807) is 0 Å². The maximum absolute atomic E-state index is 12.3. The summed E-state index contributed by atoms with van der Waals surface area (Å²) in [6.45, 7) is 2.12. The van der Waals surface area contributed by atoms with Crippen LogP contribution in [-0.4, -0.2) is 53.7 Å². The fourth-order valence-corrected chi connectivity index (χ4v) is 2.33. The molecule has 1 fully saturated rings. The Morgan fingerprint density at radius 2 is 2.10 bits per heavy atom. The molecule has 0 aromatic carbocycles. The highest BCUT2D eigenvalue weighted by Crippen LogP contribution is 2.24. The maximum Gasteiger partial charge on any atom is 0.406 e. The van der Waals surface area contributed by atoms with Crippen molar-refractivity contribution in [2.24, 2.45) is 11.8 Å². The standard InChI is InChI=1S/C13H21F3N2O3/c1-8(2)10(3-4-19)17-12(21)9-5-11(20)18(6-9)7-13(14,15)16/h8-10,19H,3-7H2,1-2H3,(H,17,21). The van der Waals surface area contributed by atoms with Crippen LogP contribution in [0.1, 0.15) is 26.7 Å². The molecular formula is C13H21F3N2O3. The number of alkyl halides is 3. The first kappa shape index (κ1) is 17.7. The van der Waals surface area contributed by atoms with Gasteiger partial charge in [0.2, 0.25) is 11.8 Å². The van der Waals surface area contributed by atoms with Gasteiger partial charge in [0.15, 0.2) is 0 Å². The quantitative estimate of drug-likeness (QED) is 0.766. The van der Waals surface area contributed by atoms with Crippen molar-refractivity contribution in [3.8, 4) is 0 Å². The minimum atomic E-state index is -4.46. The Morgan fingerprint density at radius 3 is 2.57 bits per heavy atom. The predicted molar refractivity (Wildman–Crippen MR) is 69.2 cm³/mol. The zero-order valence-electron chi connectivity index (χ0n) is 12.1. The number of carbonyl (C=O) groups is 2. The van der Waals surface area contributed by atoms with Crippen molar-refractivity contribution >= 4 is 11.8 Å². The number of hydrogen-bond donors (Lipinski definition) is 2. The van der Waals surface area contributed by atoms with E-state index in [0.29, 0.717) is 11.3 Å². The Bertz CT molecular complexity index is 385. The highest BCUT2D eigenvalue weighted by atomic mass is 19.4. The second-order valence-corrected chi connectivity index (χ2v) is 5.66. The van der Waals surface area contributed by atoms with E-state index in [1.165, 1.54) is 0 Å². The molecule has 1 saturated heterocycles. The zero-order chi connectivity index (χ0) is 16.2. The summed E-state index contributed by atoms with van der Waals surface area (Å²) in [4.78, 5) is 24.2. The molecule has 1 aliphatic heterocycles. The van der Waals surface area contributed by atoms with E-state index in [0.717, 1.165) is 0 Å². The van der Waals surface area contributed by atoms with Crippen LogP contribution in [0.25, 0.3) is 0 Å². The van der Waals surface area contributed by atoms with Crippen molar-refractivity contribution in [3.63, 3.8) is 0 Å². The molecule has 122 valence electrons. The van der Waals surface area contributed by atoms with Crippen LogP contribution in [-0.2, 0) is 9.59 Å². The molecule has 0 aromatic rings. The molecular weight excluding hydrogens is 289 g/mol. The molecule has 0 bridgehead atoms. The summed E-state index contributed by atoms with van der Waals surface area (Å²) < 4.78 is 36.9. The van der Waals surface area contributed by atoms with Crippen molar-refractivity contribution in [3.05, 3.63) is 0 Å². The number of halogens is 3. The number of aliphatic hydroxyl groups is 1. The van der Waals surface area contributed by atoms with Gasteiger partial charge in [0.25, 0.3) is 0 Å². The Morgan fingerprint density at radius 1 is 1.48 bits per heavy atom. The molecule has 2 unspecified atom stereocenters. The zero-order valence-corrected chi connectivity index (χ0v) is 12.1. The normalized spacial score (nSPS) is 21.0. The average Bonchev–Trinajstić information content (AvgIpc) is 2.68. The summed E-state index contributed by atoms with van der Waals surface area (Å²) in [5, 5.41) is 11.6. The summed E-state index contributed by atoms with van der Waals surface area (Å²) in [6.07, 6.45) is -4.29. The molecule has 2 atom stereocenters. The lowest BCUT2D eigenvalue weighted by molar-refractivity contribution is -0.157. The molecule has 1 rings (SSSR count). The molecule has 0 spiro atoms. The van der Waals surface area contributed by atoms with Gasteiger partial charge >= 0.3 is 6.18 Å². The number of nitrogens with one attached hydrogen (secondary N) is 1. The van der Waals surface area contributed by atoms with Gasteiger partial charge in [0.1, 0.15) is 6.54 Å². The van der Waals surface area contributed by atoms with Crippen LogP contribution in [0.3, 0.4) is 0 Å². The van der Waals surface area contributed by atoms with E-state index >= 15 is 0 Å². The van der Waals surface area contributed by atoms with Crippen LogP contribution in [0, 0.1) is 11.8 Å². The highest BCUT2D eigenvalue weighted by molar-refractivity contribution is 5.89. The van der Waals surface area contributed by atoms with E-state index in [2.05, 4.69) is 5.32 Å². The number of likely N-dealkylation sites (tertiary alicyclic amines) is 1. The van der Waals surface area contributed by atoms with Gasteiger partial charge in [-0.05, 0) is 12.3 Å². The third kappa shape index (κ3) is 5.53. The molecule has 0 saturated carbocycles. The van der Waals surface area contributed by atoms with E-state index < -0.39 is 30.5 Å². The van der Waals surface area contributed by atoms with E-state index in [4.69, 9.17) is 5.11 Å². The summed E-state index contributed by atoms with van der Waals surface area (Å²) in [5.74, 6) is -1.76. The van der Waals surface area contributed by atoms with Crippen molar-refractivity contribution in [2.75, 3.05) is 19.7 Å². The molecule has 1 aliphatic rings. The smallest absolute Gasteiger partial charge is 0.396 e. The molecule has 0 aromatic heterocycles. The van der Waals surface area contributed by atoms with Crippen LogP contribution < -0.4 is 5.32 Å². The first-order chi connectivity index (χ1) is 9.64. The van der Waals surface area contributed by atoms with E-state index in [-0.39, 0.29) is 31.5 Å². The van der Waals surface area contributed by atoms with Gasteiger partial charge in [-0.15, -0.1) is 0 Å². The van der Waals surface area contributed by atoms with Gasteiger partial charge in [-0.2, -0.15) is 13.2 Å². The van der Waals surface area contributed by atoms with Crippen molar-refractivity contribution in [2.45, 2.75) is 38.9 Å². The Balaban J connectivity index is 2.58. The van der Waals surface area contributed by atoms with Gasteiger partial charge in [-0.25, -0.2) is 0 Å². The molecule has 1 heterocycles. The molecule has 5 nitrogen and oxygen atoms in total. The van der Waals surface area contributed by atoms with Gasteiger partial charge in [-0.1, -0.05) is 13.8 Å². The van der Waals surface area contributed by atoms with Gasteiger partial charge in [-0.3, -0.25) is 9.59 Å². The predicted octanol–water partition coefficient (Wildman–Crippen LogP) is 0.920. The fourth-order valence-electron chi connectivity index (χ4n) is 2.33. The molecule has 2 amide bonds. The third-order valence-corrected chi connectivity index (χ3v) is 3.53. The van der Waals surface area contributed by atoms with E-state index in [9.17, 15) is 22.8 Å². The van der Waals surface area contributed by atoms with Crippen LogP contribution in [0.4, 0.5) is 13.2 Å². The lowest BCUT2D eigenvalue weighted by atomic mass is 9.99. The second kappa shape index (κ2) is 7.11. The number of carbonyl (C=O) groups excluding carboxylic acids is 2. The third-order valence-electron chi connectivity index (χ3n) is 3.53. The topological polar surface area (TPSA) is 69.6 Å². The molecule has 0 aliphatic carbocycles. The van der Waals surface area contributed by atoms with Crippen LogP contribution >= 0.6 is 0 Å². The van der Waals surface area contributed by atoms with Crippen LogP contribution in [0.2, 0.25) is 0 Å². The number of aliphatic hydroxyl groups excluding tert-OH is 1. The number of nitrogens with zero attached hydrogens (tertiary/aromatic N) is 1. The first-order valence-corrected chi connectivity index (χ1v) is 6.89. The van der Waals surface area contributed by atoms with Crippen LogP contribution in [0.15, 0.2) is 0 Å². The monoisotopic (exact) mass is 310 g/mol. The minimum absolute atomic E-state index is 0.0875. The van der Waals surface area contributed by atoms with E-state index in [1.807, 2.05) is 13.8 Å². The Kier molecular flexibility index (Phi) is 6.00. The summed E-state index contributed by atoms with van der Waals surface area (Å²) in [5.41, 5.74) is 0. The number of rotatable bonds is 6. The highest BCUT2D eigenvalue weighted by Gasteiger charge is 2.40. The van der Waals surface area contributed by atoms with Gasteiger partial charge in [0.05, 0.1) is 5.92 Å². The lowest BCUT2D eigenvalue weighted by Crippen LogP contribution is -2.43. The largest absolute Gasteiger partial charge is 0.406 e. The van der Waals surface area contributed by atoms with Crippen molar-refractivity contribution in [1.82, 2.24) is 10.2 Å². The summed E-state index contributed by atoms with van der Waals surface area (Å²) >= 11 is 0. The summed E-state index contributed by atoms with van der Waals surface area (Å²) in [7, 11) is 0. The lowest BCUT2D eigenvalue weighted by Gasteiger charge is -2.23. The molecule has 21 heavy (non-hydrogen) atoms. The first-order valence-electron chi connectivity index (χ1n) is 6.89. The SMILES string of the molecule is CC(C)C(CCO)NC(=O)C1CC(=O)N(CC(F)(F)F)C1. The van der Waals surface area contributed by atoms with Crippen molar-refractivity contribution in [1.29, 1.82) is 0 Å². The average molecular weight is 310 g/mol. The van der Waals surface area contributed by atoms with Gasteiger partial charge in [0, 0.05) is 25.6 Å². The fraction of sp³-hybridized carbons (Fsp3) is 0.846. The second-order valence-electron chi connectivity index (χ2n) is 5.66. The maximum atomic E-state index is 12.3.